The minimum Gasteiger partial charge on any atom is -0.311 e. The van der Waals surface area contributed by atoms with Crippen molar-refractivity contribution in [3.63, 3.8) is 0 Å². The Morgan fingerprint density at radius 1 is 0.268 bits per heavy atom. The van der Waals surface area contributed by atoms with Gasteiger partial charge in [0.05, 0.1) is 0 Å². The molecule has 0 atom stereocenters. The third-order valence-electron chi connectivity index (χ3n) is 6.65. The summed E-state index contributed by atoms with van der Waals surface area (Å²) < 4.78 is 0. The highest BCUT2D eigenvalue weighted by Crippen LogP contribution is 2.43. The highest BCUT2D eigenvalue weighted by molar-refractivity contribution is 7.17. The topological polar surface area (TPSA) is 9.72 Å². The van der Waals surface area contributed by atoms with Crippen molar-refractivity contribution in [2.24, 2.45) is 0 Å². The summed E-state index contributed by atoms with van der Waals surface area (Å²) in [5.74, 6) is 0. The predicted molar refractivity (Wildman–Crippen MR) is 182 cm³/mol. The fraction of sp³-hybridized carbons (Fsp3) is 0. The van der Waals surface area contributed by atoms with Gasteiger partial charge in [0.15, 0.2) is 0 Å². The minimum absolute atomic E-state index is 1.11. The molecule has 3 aromatic carbocycles. The van der Waals surface area contributed by atoms with Crippen LogP contribution in [0.1, 0.15) is 0 Å². The molecule has 0 fully saturated rings. The van der Waals surface area contributed by atoms with E-state index in [9.17, 15) is 0 Å². The van der Waals surface area contributed by atoms with Crippen LogP contribution in [0.5, 0.6) is 0 Å². The summed E-state index contributed by atoms with van der Waals surface area (Å²) in [5.41, 5.74) is 5.63. The molecule has 0 aliphatic rings. The predicted octanol–water partition coefficient (Wildman–Crippen LogP) is 12.3. The summed E-state index contributed by atoms with van der Waals surface area (Å²) in [7, 11) is 0. The molecule has 0 bridgehead atoms. The van der Waals surface area contributed by atoms with Gasteiger partial charge >= 0.3 is 0 Å². The summed E-state index contributed by atoms with van der Waals surface area (Å²) in [5, 5.41) is 13.3. The molecule has 0 unspecified atom stereocenters. The van der Waals surface area contributed by atoms with Crippen LogP contribution in [0.15, 0.2) is 149 Å². The third-order valence-corrected chi connectivity index (χ3v) is 10.1. The maximum Gasteiger partial charge on any atom is 0.101 e. The lowest BCUT2D eigenvalue weighted by Crippen LogP contribution is -2.12. The van der Waals surface area contributed by atoms with E-state index in [-0.39, 0.29) is 0 Å². The van der Waals surface area contributed by atoms with E-state index in [1.807, 2.05) is 0 Å². The Bertz CT molecular complexity index is 1570. The van der Waals surface area contributed by atoms with Gasteiger partial charge in [0, 0.05) is 28.4 Å². The average Bonchev–Trinajstić information content (AvgIpc) is 3.86. The van der Waals surface area contributed by atoms with E-state index in [0.717, 1.165) is 28.4 Å². The van der Waals surface area contributed by atoms with Crippen molar-refractivity contribution in [3.8, 4) is 0 Å². The minimum atomic E-state index is 1.11. The van der Waals surface area contributed by atoms with Crippen LogP contribution in [0, 0.1) is 0 Å². The quantitative estimate of drug-likeness (QED) is 0.162. The maximum atomic E-state index is 2.32. The monoisotopic (exact) mass is 603 g/mol. The van der Waals surface area contributed by atoms with Gasteiger partial charge in [-0.1, -0.05) is 18.2 Å². The second-order valence-electron chi connectivity index (χ2n) is 9.18. The number of rotatable bonds is 9. The molecule has 200 valence electrons. The summed E-state index contributed by atoms with van der Waals surface area (Å²) in [4.78, 5) is 6.96. The van der Waals surface area contributed by atoms with Crippen LogP contribution >= 0.6 is 45.3 Å². The first-order chi connectivity index (χ1) is 20.3. The van der Waals surface area contributed by atoms with Gasteiger partial charge in [-0.15, -0.1) is 45.3 Å². The average molecular weight is 604 g/mol. The van der Waals surface area contributed by atoms with E-state index < -0.39 is 0 Å². The Morgan fingerprint density at radius 3 is 0.854 bits per heavy atom. The molecule has 4 aromatic heterocycles. The highest BCUT2D eigenvalue weighted by atomic mass is 32.1. The molecule has 7 aromatic rings. The van der Waals surface area contributed by atoms with Crippen molar-refractivity contribution < 1.29 is 0 Å². The fourth-order valence-corrected chi connectivity index (χ4v) is 8.01. The van der Waals surface area contributed by atoms with Gasteiger partial charge in [-0.3, -0.25) is 9.80 Å². The van der Waals surface area contributed by atoms with E-state index >= 15 is 0 Å². The molecule has 0 saturated heterocycles. The van der Waals surface area contributed by atoms with Crippen molar-refractivity contribution in [2.75, 3.05) is 14.7 Å². The molecule has 0 amide bonds. The summed E-state index contributed by atoms with van der Waals surface area (Å²) in [6, 6.07) is 45.4. The van der Waals surface area contributed by atoms with Gasteiger partial charge in [0.2, 0.25) is 0 Å². The van der Waals surface area contributed by atoms with Crippen LogP contribution < -0.4 is 14.7 Å². The number of nitrogens with zero attached hydrogens (tertiary/aromatic N) is 3. The van der Waals surface area contributed by atoms with Gasteiger partial charge in [-0.05, 0) is 131 Å². The Labute approximate surface area is 256 Å². The van der Waals surface area contributed by atoms with Crippen LogP contribution in [0.4, 0.5) is 48.4 Å². The van der Waals surface area contributed by atoms with Crippen molar-refractivity contribution in [3.05, 3.63) is 149 Å². The first-order valence-corrected chi connectivity index (χ1v) is 16.7. The number of hydrogen-bond donors (Lipinski definition) is 0. The van der Waals surface area contributed by atoms with E-state index in [4.69, 9.17) is 0 Å². The largest absolute Gasteiger partial charge is 0.311 e. The lowest BCUT2D eigenvalue weighted by Gasteiger charge is -2.28. The first-order valence-electron chi connectivity index (χ1n) is 13.1. The number of anilines is 9. The van der Waals surface area contributed by atoms with Gasteiger partial charge in [-0.25, -0.2) is 0 Å². The van der Waals surface area contributed by atoms with Crippen molar-refractivity contribution in [2.45, 2.75) is 0 Å². The number of hydrogen-bond acceptors (Lipinski definition) is 7. The molecule has 0 aliphatic heterocycles. The third kappa shape index (κ3) is 5.33. The zero-order valence-corrected chi connectivity index (χ0v) is 25.2. The molecule has 41 heavy (non-hydrogen) atoms. The van der Waals surface area contributed by atoms with Crippen molar-refractivity contribution in [1.29, 1.82) is 0 Å². The van der Waals surface area contributed by atoms with Crippen LogP contribution in [0.25, 0.3) is 0 Å². The Kier molecular flexibility index (Phi) is 7.40. The normalized spacial score (nSPS) is 10.9. The molecular weight excluding hydrogens is 579 g/mol. The van der Waals surface area contributed by atoms with E-state index in [1.54, 1.807) is 45.3 Å². The Morgan fingerprint density at radius 2 is 0.561 bits per heavy atom. The summed E-state index contributed by atoms with van der Waals surface area (Å²) in [6.07, 6.45) is 0. The number of benzene rings is 3. The van der Waals surface area contributed by atoms with Gasteiger partial charge in [0.1, 0.15) is 20.0 Å². The molecule has 0 radical (unpaired) electrons. The second-order valence-corrected chi connectivity index (χ2v) is 12.9. The number of thiophene rings is 4. The van der Waals surface area contributed by atoms with E-state index in [2.05, 4.69) is 164 Å². The molecule has 4 heterocycles. The Hall–Kier alpha value is -4.14. The fourth-order valence-electron chi connectivity index (χ4n) is 4.84. The molecule has 0 saturated carbocycles. The van der Waals surface area contributed by atoms with Crippen LogP contribution in [-0.4, -0.2) is 0 Å². The lowest BCUT2D eigenvalue weighted by molar-refractivity contribution is 1.26. The lowest BCUT2D eigenvalue weighted by atomic mass is 10.1. The van der Waals surface area contributed by atoms with Gasteiger partial charge in [0.25, 0.3) is 0 Å². The van der Waals surface area contributed by atoms with Gasteiger partial charge in [-0.2, -0.15) is 0 Å². The smallest absolute Gasteiger partial charge is 0.101 e. The van der Waals surface area contributed by atoms with Crippen LogP contribution in [0.3, 0.4) is 0 Å². The maximum absolute atomic E-state index is 2.32. The molecular formula is C34H25N3S4. The molecule has 3 nitrogen and oxygen atoms in total. The summed E-state index contributed by atoms with van der Waals surface area (Å²) >= 11 is 7.00. The standard InChI is InChI=1S/C34H25N3S4/c1-2-8-26(9-3-1)35(27-14-18-29(19-15-27)36(31-10-4-22-38-31)32-11-5-23-39-32)28-16-20-30(21-17-28)37(33-12-6-24-40-33)34-13-7-25-41-34/h1-25H. The Balaban J connectivity index is 1.25. The van der Waals surface area contributed by atoms with Crippen LogP contribution in [0.2, 0.25) is 0 Å². The molecule has 0 N–H and O–H groups in total. The van der Waals surface area contributed by atoms with Gasteiger partial charge < -0.3 is 4.90 Å². The highest BCUT2D eigenvalue weighted by Gasteiger charge is 2.18. The SMILES string of the molecule is c1ccc(N(c2ccc(N(c3cccs3)c3cccs3)cc2)c2ccc(N(c3cccs3)c3cccs3)cc2)cc1. The van der Waals surface area contributed by atoms with E-state index in [0.29, 0.717) is 0 Å². The second kappa shape index (κ2) is 11.8. The molecule has 7 rings (SSSR count). The zero-order chi connectivity index (χ0) is 27.4. The van der Waals surface area contributed by atoms with Crippen molar-refractivity contribution >= 4 is 93.8 Å². The van der Waals surface area contributed by atoms with Crippen molar-refractivity contribution in [1.82, 2.24) is 0 Å². The zero-order valence-electron chi connectivity index (χ0n) is 21.9. The first kappa shape index (κ1) is 25.8. The van der Waals surface area contributed by atoms with Crippen LogP contribution in [-0.2, 0) is 0 Å². The summed E-state index contributed by atoms with van der Waals surface area (Å²) in [6.45, 7) is 0. The molecule has 0 aliphatic carbocycles. The molecule has 0 spiro atoms. The molecule has 7 heteroatoms. The van der Waals surface area contributed by atoms with E-state index in [1.165, 1.54) is 20.0 Å². The number of para-hydroxylation sites is 1.